The van der Waals surface area contributed by atoms with Gasteiger partial charge in [-0.2, -0.15) is 0 Å². The summed E-state index contributed by atoms with van der Waals surface area (Å²) in [4.78, 5) is 1.67. The molecule has 0 bridgehead atoms. The fourth-order valence-corrected chi connectivity index (χ4v) is 2.38. The maximum absolute atomic E-state index is 12.5. The molecule has 0 unspecified atom stereocenters. The number of nitrogens with zero attached hydrogens (tertiary/aromatic N) is 1. The summed E-state index contributed by atoms with van der Waals surface area (Å²) in [7, 11) is 0. The zero-order chi connectivity index (χ0) is 12.2. The Morgan fingerprint density at radius 2 is 1.71 bits per heavy atom. The van der Waals surface area contributed by atoms with E-state index in [2.05, 4.69) is 13.8 Å². The Morgan fingerprint density at radius 3 is 2.12 bits per heavy atom. The van der Waals surface area contributed by atoms with E-state index in [1.807, 2.05) is 0 Å². The fraction of sp³-hybridized carbons (Fsp3) is 1.00. The van der Waals surface area contributed by atoms with Crippen LogP contribution in [0.3, 0.4) is 0 Å². The Bertz CT molecular complexity index is 205. The Labute approximate surface area is 145 Å². The van der Waals surface area contributed by atoms with Crippen molar-refractivity contribution in [3.05, 3.63) is 0 Å². The van der Waals surface area contributed by atoms with Crippen LogP contribution in [-0.2, 0) is 0 Å². The van der Waals surface area contributed by atoms with Crippen molar-refractivity contribution in [3.63, 3.8) is 0 Å². The maximum atomic E-state index is 12.5. The van der Waals surface area contributed by atoms with Gasteiger partial charge in [-0.05, 0) is 38.2 Å². The largest absolute Gasteiger partial charge is 1.00 e. The van der Waals surface area contributed by atoms with Gasteiger partial charge < -0.3 is 17.8 Å². The molecule has 1 aliphatic carbocycles. The summed E-state index contributed by atoms with van der Waals surface area (Å²) < 4.78 is 37.5. The van der Waals surface area contributed by atoms with E-state index in [0.29, 0.717) is 12.5 Å². The van der Waals surface area contributed by atoms with E-state index in [1.165, 1.54) is 0 Å². The molecule has 0 spiro atoms. The van der Waals surface area contributed by atoms with Crippen LogP contribution in [0.4, 0.5) is 12.9 Å². The average Bonchev–Trinajstić information content (AvgIpc) is 2.62. The topological polar surface area (TPSA) is 3.24 Å². The van der Waals surface area contributed by atoms with Crippen LogP contribution in [0.1, 0.15) is 46.0 Å². The third kappa shape index (κ3) is 8.27. The van der Waals surface area contributed by atoms with E-state index in [1.54, 1.807) is 4.90 Å². The Balaban J connectivity index is 0.00000256. The van der Waals surface area contributed by atoms with Gasteiger partial charge in [-0.15, -0.1) is 0 Å². The van der Waals surface area contributed by atoms with Gasteiger partial charge >= 0.3 is 58.4 Å². The second kappa shape index (κ2) is 8.59. The van der Waals surface area contributed by atoms with E-state index in [-0.39, 0.29) is 57.4 Å². The van der Waals surface area contributed by atoms with Crippen LogP contribution < -0.4 is 51.4 Å². The van der Waals surface area contributed by atoms with Crippen LogP contribution in [-0.4, -0.2) is 30.9 Å². The van der Waals surface area contributed by atoms with Crippen LogP contribution >= 0.6 is 0 Å². The van der Waals surface area contributed by atoms with E-state index < -0.39 is 13.4 Å². The van der Waals surface area contributed by atoms with Gasteiger partial charge in [0.25, 0.3) is 0 Å². The first kappa shape index (κ1) is 18.5. The van der Waals surface area contributed by atoms with Crippen LogP contribution in [0.2, 0.25) is 0 Å². The van der Waals surface area contributed by atoms with Crippen molar-refractivity contribution in [2.45, 2.75) is 52.0 Å². The van der Waals surface area contributed by atoms with Crippen LogP contribution in [0.15, 0.2) is 0 Å². The predicted molar refractivity (Wildman–Crippen MR) is 62.4 cm³/mol. The molecule has 0 heterocycles. The van der Waals surface area contributed by atoms with Crippen LogP contribution in [0.5, 0.6) is 0 Å². The average molecular weight is 275 g/mol. The fourth-order valence-electron chi connectivity index (χ4n) is 2.38. The second-order valence-corrected chi connectivity index (χ2v) is 5.33. The van der Waals surface area contributed by atoms with Crippen molar-refractivity contribution in [1.29, 1.82) is 0 Å². The van der Waals surface area contributed by atoms with E-state index >= 15 is 0 Å². The molecule has 0 amide bonds. The van der Waals surface area contributed by atoms with Gasteiger partial charge in [-0.1, -0.05) is 26.7 Å². The number of hydrogen-bond acceptors (Lipinski definition) is 1. The third-order valence-corrected chi connectivity index (χ3v) is 3.28. The van der Waals surface area contributed by atoms with Crippen molar-refractivity contribution >= 4 is 6.98 Å². The van der Waals surface area contributed by atoms with Crippen molar-refractivity contribution in [1.82, 2.24) is 4.90 Å². The van der Waals surface area contributed by atoms with Gasteiger partial charge in [-0.3, -0.25) is 0 Å². The van der Waals surface area contributed by atoms with Crippen molar-refractivity contribution in [2.75, 3.05) is 13.0 Å². The molecular weight excluding hydrogens is 253 g/mol. The van der Waals surface area contributed by atoms with Gasteiger partial charge in [-0.25, -0.2) is 0 Å². The molecule has 6 heteroatoms. The molecule has 0 atom stereocenters. The second-order valence-electron chi connectivity index (χ2n) is 5.33. The van der Waals surface area contributed by atoms with Gasteiger partial charge in [0.15, 0.2) is 0 Å². The Hall–Kier alpha value is 1.45. The summed E-state index contributed by atoms with van der Waals surface area (Å²) >= 11 is 0. The monoisotopic (exact) mass is 275 g/mol. The summed E-state index contributed by atoms with van der Waals surface area (Å²) in [5, 5.41) is 0. The smallest absolute Gasteiger partial charge is 0.448 e. The summed E-state index contributed by atoms with van der Waals surface area (Å²) in [6, 6.07) is 0.183. The number of hydrogen-bond donors (Lipinski definition) is 0. The van der Waals surface area contributed by atoms with Crippen molar-refractivity contribution < 1.29 is 64.3 Å². The van der Waals surface area contributed by atoms with Gasteiger partial charge in [0.05, 0.1) is 0 Å². The summed E-state index contributed by atoms with van der Waals surface area (Å²) in [5.74, 6) is 0.477. The zero-order valence-electron chi connectivity index (χ0n) is 11.3. The van der Waals surface area contributed by atoms with Gasteiger partial charge in [0.2, 0.25) is 0 Å². The summed E-state index contributed by atoms with van der Waals surface area (Å²) in [6.45, 7) is 0.0469. The maximum Gasteiger partial charge on any atom is 1.00 e. The van der Waals surface area contributed by atoms with E-state index in [0.717, 1.165) is 32.1 Å². The molecule has 0 radical (unpaired) electrons. The normalized spacial score (nSPS) is 17.8. The van der Waals surface area contributed by atoms with Crippen molar-refractivity contribution in [3.8, 4) is 0 Å². The first-order valence-electron chi connectivity index (χ1n) is 6.33. The molecular formula is C11H22BF3KN. The minimum absolute atomic E-state index is 0. The Morgan fingerprint density at radius 1 is 1.18 bits per heavy atom. The quantitative estimate of drug-likeness (QED) is 0.644. The standard InChI is InChI=1S/C11H22BF3N.K/c1-10(2)7-8-16(9-12(13,14)15)11-5-3-4-6-11;/h10-11H,3-9H2,1-2H3;/q-1;+1. The molecule has 1 fully saturated rings. The zero-order valence-corrected chi connectivity index (χ0v) is 14.4. The number of halogens is 3. The van der Waals surface area contributed by atoms with E-state index in [4.69, 9.17) is 0 Å². The molecule has 0 aliphatic heterocycles. The molecule has 1 rings (SSSR count). The minimum Gasteiger partial charge on any atom is -0.448 e. The molecule has 0 saturated heterocycles. The molecule has 1 saturated carbocycles. The summed E-state index contributed by atoms with van der Waals surface area (Å²) in [6.07, 6.45) is 4.27. The van der Waals surface area contributed by atoms with Crippen LogP contribution in [0, 0.1) is 5.92 Å². The molecule has 0 aromatic carbocycles. The Kier molecular flexibility index (Phi) is 9.32. The molecule has 1 nitrogen and oxygen atoms in total. The molecule has 17 heavy (non-hydrogen) atoms. The van der Waals surface area contributed by atoms with Crippen molar-refractivity contribution in [2.24, 2.45) is 5.92 Å². The third-order valence-electron chi connectivity index (χ3n) is 3.28. The SMILES string of the molecule is CC(C)CCN(C[B-](F)(F)F)C1CCCC1.[K+]. The summed E-state index contributed by atoms with van der Waals surface area (Å²) in [5.41, 5.74) is 0. The van der Waals surface area contributed by atoms with Crippen LogP contribution in [0.25, 0.3) is 0 Å². The molecule has 0 aromatic heterocycles. The first-order chi connectivity index (χ1) is 7.38. The van der Waals surface area contributed by atoms with E-state index in [9.17, 15) is 12.9 Å². The van der Waals surface area contributed by atoms with Gasteiger partial charge in [0.1, 0.15) is 0 Å². The molecule has 1 aliphatic rings. The van der Waals surface area contributed by atoms with Gasteiger partial charge in [0, 0.05) is 6.04 Å². The molecule has 0 aromatic rings. The minimum atomic E-state index is -4.68. The molecule has 0 N–H and O–H groups in total. The first-order valence-corrected chi connectivity index (χ1v) is 6.33. The molecule has 96 valence electrons. The number of rotatable bonds is 6. The predicted octanol–water partition coefficient (Wildman–Crippen LogP) is 0.668.